The van der Waals surface area contributed by atoms with Gasteiger partial charge in [-0.05, 0) is 0 Å². The first-order chi connectivity index (χ1) is 6.83. The topological polar surface area (TPSA) is 0 Å². The van der Waals surface area contributed by atoms with Gasteiger partial charge in [0.15, 0.2) is 0 Å². The number of rotatable bonds is 6. The third kappa shape index (κ3) is 3.99. The molecule has 0 N–H and O–H groups in total. The zero-order valence-corrected chi connectivity index (χ0v) is 13.2. The Morgan fingerprint density at radius 2 is 1.43 bits per heavy atom. The second-order valence-electron chi connectivity index (χ2n) is 5.00. The zero-order valence-electron chi connectivity index (χ0n) is 10.2. The molecule has 0 bridgehead atoms. The Morgan fingerprint density at radius 1 is 0.929 bits per heavy atom. The third-order valence-corrected chi connectivity index (χ3v) is 7.16. The molecule has 0 amide bonds. The molecule has 0 atom stereocenters. The van der Waals surface area contributed by atoms with E-state index in [9.17, 15) is 0 Å². The number of nitrogens with zero attached hydrogens (tertiary/aromatic N) is 1. The Hall–Kier alpha value is 0.596. The van der Waals surface area contributed by atoms with Crippen molar-refractivity contribution in [2.45, 2.75) is 49.5 Å². The van der Waals surface area contributed by atoms with Gasteiger partial charge in [-0.15, -0.1) is 0 Å². The number of hydrogen-bond donors (Lipinski definition) is 0. The summed E-state index contributed by atoms with van der Waals surface area (Å²) < 4.78 is 1.51. The van der Waals surface area contributed by atoms with Crippen LogP contribution in [0.25, 0.3) is 0 Å². The maximum absolute atomic E-state index is 2.33. The summed E-state index contributed by atoms with van der Waals surface area (Å²) in [6.45, 7) is 10.7. The number of hydrogen-bond acceptors (Lipinski definition) is 0. The Labute approximate surface area is 97.6 Å². The molecule has 1 aliphatic heterocycles. The van der Waals surface area contributed by atoms with Crippen LogP contribution in [-0.4, -0.2) is 48.1 Å². The molecule has 0 aromatic carbocycles. The van der Waals surface area contributed by atoms with Gasteiger partial charge in [0, 0.05) is 0 Å². The molecule has 1 nitrogen and oxygen atoms in total. The second-order valence-corrected chi connectivity index (χ2v) is 9.45. The van der Waals surface area contributed by atoms with Crippen LogP contribution in [0.3, 0.4) is 0 Å². The molecule has 14 heavy (non-hydrogen) atoms. The molecule has 1 aliphatic rings. The number of quaternary nitrogens is 1. The van der Waals surface area contributed by atoms with Crippen LogP contribution in [0.4, 0.5) is 0 Å². The van der Waals surface area contributed by atoms with Gasteiger partial charge >= 0.3 is 97.6 Å². The van der Waals surface area contributed by atoms with Crippen LogP contribution in [0.2, 0.25) is 9.95 Å². The molecule has 1 rings (SSSR count). The Bertz CT molecular complexity index is 131. The van der Waals surface area contributed by atoms with Crippen molar-refractivity contribution in [3.63, 3.8) is 0 Å². The predicted octanol–water partition coefficient (Wildman–Crippen LogP) is 2.69. The van der Waals surface area contributed by atoms with Gasteiger partial charge in [-0.25, -0.2) is 0 Å². The van der Waals surface area contributed by atoms with Gasteiger partial charge in [0.1, 0.15) is 0 Å². The van der Waals surface area contributed by atoms with E-state index in [-0.39, 0.29) is 17.4 Å². The summed E-state index contributed by atoms with van der Waals surface area (Å²) in [5.41, 5.74) is 0. The Morgan fingerprint density at radius 3 is 1.86 bits per heavy atom. The van der Waals surface area contributed by atoms with Crippen LogP contribution < -0.4 is 0 Å². The van der Waals surface area contributed by atoms with E-state index in [0.29, 0.717) is 0 Å². The fraction of sp³-hybridized carbons (Fsp3) is 1.00. The summed E-state index contributed by atoms with van der Waals surface area (Å²) >= 11 is -0.00988. The van der Waals surface area contributed by atoms with Gasteiger partial charge in [0.25, 0.3) is 0 Å². The SMILES string of the molecule is CCCC[N+]1(CCCC)C[CH2][GaH][CH2]C1. The van der Waals surface area contributed by atoms with Gasteiger partial charge < -0.3 is 0 Å². The standard InChI is InChI=1S/C12H26N.Ga.H/c1-5-9-11-13(7-3,8-4)12-10-6-2;;/h3-12H2,1-2H3;;/q+1;;. The molecule has 1 heterocycles. The molecule has 0 spiro atoms. The Kier molecular flexibility index (Phi) is 6.30. The van der Waals surface area contributed by atoms with Crippen LogP contribution in [-0.2, 0) is 0 Å². The van der Waals surface area contributed by atoms with Crippen molar-refractivity contribution < 1.29 is 4.48 Å². The normalized spacial score (nSPS) is 20.4. The van der Waals surface area contributed by atoms with E-state index in [1.807, 2.05) is 0 Å². The van der Waals surface area contributed by atoms with E-state index in [0.717, 1.165) is 0 Å². The minimum absolute atomic E-state index is 0.00988. The van der Waals surface area contributed by atoms with Gasteiger partial charge in [-0.3, -0.25) is 0 Å². The summed E-state index contributed by atoms with van der Waals surface area (Å²) in [5.74, 6) is 0. The maximum atomic E-state index is 2.33. The summed E-state index contributed by atoms with van der Waals surface area (Å²) in [7, 11) is 0. The van der Waals surface area contributed by atoms with Crippen LogP contribution in [0.5, 0.6) is 0 Å². The van der Waals surface area contributed by atoms with Crippen LogP contribution in [0.1, 0.15) is 39.5 Å². The van der Waals surface area contributed by atoms with Crippen LogP contribution >= 0.6 is 0 Å². The summed E-state index contributed by atoms with van der Waals surface area (Å²) in [5, 5.41) is 0. The van der Waals surface area contributed by atoms with Crippen molar-refractivity contribution in [2.24, 2.45) is 0 Å². The van der Waals surface area contributed by atoms with E-state index in [1.165, 1.54) is 43.3 Å². The fourth-order valence-corrected chi connectivity index (χ4v) is 7.22. The molecule has 0 aliphatic carbocycles. The van der Waals surface area contributed by atoms with E-state index in [4.69, 9.17) is 0 Å². The van der Waals surface area contributed by atoms with E-state index >= 15 is 0 Å². The van der Waals surface area contributed by atoms with Crippen molar-refractivity contribution in [1.29, 1.82) is 0 Å². The first-order valence-corrected chi connectivity index (χ1v) is 10.9. The fourth-order valence-electron chi connectivity index (χ4n) is 2.73. The average Bonchev–Trinajstić information content (AvgIpc) is 2.25. The monoisotopic (exact) mass is 254 g/mol. The van der Waals surface area contributed by atoms with Crippen molar-refractivity contribution in [1.82, 2.24) is 0 Å². The quantitative estimate of drug-likeness (QED) is 0.505. The molecule has 0 saturated carbocycles. The molecule has 0 radical (unpaired) electrons. The van der Waals surface area contributed by atoms with Gasteiger partial charge in [0.05, 0.1) is 0 Å². The van der Waals surface area contributed by atoms with E-state index in [2.05, 4.69) is 13.8 Å². The zero-order chi connectivity index (χ0) is 10.3. The first-order valence-electron chi connectivity index (χ1n) is 6.68. The molecule has 0 aromatic rings. The van der Waals surface area contributed by atoms with E-state index < -0.39 is 0 Å². The molecule has 82 valence electrons. The number of unbranched alkanes of at least 4 members (excludes halogenated alkanes) is 2. The molecular formula is C12H27GaN+. The molecule has 1 fully saturated rings. The summed E-state index contributed by atoms with van der Waals surface area (Å²) in [6, 6.07) is 0. The van der Waals surface area contributed by atoms with Gasteiger partial charge in [-0.1, -0.05) is 0 Å². The van der Waals surface area contributed by atoms with Crippen molar-refractivity contribution in [3.8, 4) is 0 Å². The van der Waals surface area contributed by atoms with Crippen LogP contribution in [0, 0.1) is 0 Å². The molecule has 0 unspecified atom stereocenters. The van der Waals surface area contributed by atoms with Gasteiger partial charge in [-0.2, -0.15) is 0 Å². The molecule has 1 saturated heterocycles. The van der Waals surface area contributed by atoms with Crippen molar-refractivity contribution >= 4 is 17.4 Å². The van der Waals surface area contributed by atoms with Crippen LogP contribution in [0.15, 0.2) is 0 Å². The van der Waals surface area contributed by atoms with Crippen molar-refractivity contribution in [2.75, 3.05) is 26.2 Å². The molecule has 2 heteroatoms. The second kappa shape index (κ2) is 6.97. The predicted molar refractivity (Wildman–Crippen MR) is 66.3 cm³/mol. The summed E-state index contributed by atoms with van der Waals surface area (Å²) in [6.07, 6.45) is 5.68. The first kappa shape index (κ1) is 12.7. The Balaban J connectivity index is 2.39. The summed E-state index contributed by atoms with van der Waals surface area (Å²) in [4.78, 5) is 3.33. The van der Waals surface area contributed by atoms with Gasteiger partial charge in [0.2, 0.25) is 0 Å². The molecule has 0 aromatic heterocycles. The van der Waals surface area contributed by atoms with Crippen molar-refractivity contribution in [3.05, 3.63) is 0 Å². The minimum atomic E-state index is -0.00988. The molecular weight excluding hydrogens is 228 g/mol. The third-order valence-electron chi connectivity index (χ3n) is 3.74. The average molecular weight is 255 g/mol. The van der Waals surface area contributed by atoms with E-state index in [1.54, 1.807) is 23.0 Å².